The Bertz CT molecular complexity index is 67.1. The van der Waals surface area contributed by atoms with E-state index in [-0.39, 0.29) is 0 Å². The van der Waals surface area contributed by atoms with Crippen LogP contribution in [0.3, 0.4) is 0 Å². The van der Waals surface area contributed by atoms with Crippen LogP contribution in [0.15, 0.2) is 12.7 Å². The van der Waals surface area contributed by atoms with E-state index in [9.17, 15) is 0 Å². The molecule has 0 aromatic rings. The van der Waals surface area contributed by atoms with Crippen molar-refractivity contribution in [2.45, 2.75) is 33.7 Å². The van der Waals surface area contributed by atoms with Gasteiger partial charge in [-0.05, 0) is 26.8 Å². The van der Waals surface area contributed by atoms with Crippen molar-refractivity contribution in [2.24, 2.45) is 5.92 Å². The zero-order valence-corrected chi connectivity index (χ0v) is 7.94. The van der Waals surface area contributed by atoms with Gasteiger partial charge in [-0.1, -0.05) is 19.9 Å². The average molecular weight is 143 g/mol. The summed E-state index contributed by atoms with van der Waals surface area (Å²) in [5.74, 6) is 0.755. The highest BCUT2D eigenvalue weighted by Crippen LogP contribution is 1.96. The van der Waals surface area contributed by atoms with Gasteiger partial charge >= 0.3 is 0 Å². The number of hydrogen-bond donors (Lipinski definition) is 1. The number of allylic oxidation sites excluding steroid dienone is 1. The van der Waals surface area contributed by atoms with Gasteiger partial charge in [0.25, 0.3) is 0 Å². The molecule has 0 radical (unpaired) electrons. The predicted molar refractivity (Wildman–Crippen MR) is 49.2 cm³/mol. The molecule has 1 nitrogen and oxygen atoms in total. The molecule has 0 spiro atoms. The van der Waals surface area contributed by atoms with Crippen LogP contribution >= 0.6 is 0 Å². The molecule has 0 aromatic carbocycles. The summed E-state index contributed by atoms with van der Waals surface area (Å²) in [6.07, 6.45) is 1.75. The minimum atomic E-state index is 0.653. The van der Waals surface area contributed by atoms with Crippen LogP contribution in [0.2, 0.25) is 0 Å². The molecule has 0 rings (SSSR count). The molecule has 0 aliphatic heterocycles. The summed E-state index contributed by atoms with van der Waals surface area (Å²) in [6.45, 7) is 11.9. The van der Waals surface area contributed by atoms with Crippen molar-refractivity contribution < 1.29 is 0 Å². The van der Waals surface area contributed by atoms with Crippen molar-refractivity contribution >= 4 is 0 Å². The van der Waals surface area contributed by atoms with Crippen LogP contribution in [0.25, 0.3) is 0 Å². The Balaban J connectivity index is 0. The lowest BCUT2D eigenvalue weighted by atomic mass is 10.1. The number of nitrogens with one attached hydrogen (secondary N) is 1. The lowest BCUT2D eigenvalue weighted by molar-refractivity contribution is 0.459. The Labute approximate surface area is 65.5 Å². The average Bonchev–Trinajstić information content (AvgIpc) is 1.88. The Hall–Kier alpha value is -0.300. The van der Waals surface area contributed by atoms with Crippen LogP contribution in [-0.2, 0) is 0 Å². The van der Waals surface area contributed by atoms with Crippen LogP contribution < -0.4 is 5.32 Å². The van der Waals surface area contributed by atoms with Gasteiger partial charge in [0.2, 0.25) is 0 Å². The normalized spacial score (nSPS) is 11.8. The second kappa shape index (κ2) is 8.70. The van der Waals surface area contributed by atoms with Crippen LogP contribution in [0.1, 0.15) is 27.7 Å². The molecule has 0 heterocycles. The smallest absolute Gasteiger partial charge is 0.00587 e. The zero-order valence-electron chi connectivity index (χ0n) is 7.94. The van der Waals surface area contributed by atoms with Gasteiger partial charge in [0.15, 0.2) is 0 Å². The van der Waals surface area contributed by atoms with Crippen molar-refractivity contribution in [2.75, 3.05) is 7.05 Å². The Morgan fingerprint density at radius 3 is 1.60 bits per heavy atom. The summed E-state index contributed by atoms with van der Waals surface area (Å²) < 4.78 is 0. The van der Waals surface area contributed by atoms with E-state index in [1.54, 1.807) is 6.08 Å². The molecule has 0 aliphatic carbocycles. The summed E-state index contributed by atoms with van der Waals surface area (Å²) in [5, 5.41) is 3.16. The third kappa shape index (κ3) is 10.6. The van der Waals surface area contributed by atoms with Gasteiger partial charge in [0.05, 0.1) is 0 Å². The fourth-order valence-corrected chi connectivity index (χ4v) is 0.333. The molecule has 1 heteroatoms. The monoisotopic (exact) mass is 143 g/mol. The largest absolute Gasteiger partial charge is 0.317 e. The summed E-state index contributed by atoms with van der Waals surface area (Å²) in [4.78, 5) is 0. The SMILES string of the molecule is C=CC.CNC(C)C(C)C. The maximum absolute atomic E-state index is 3.36. The standard InChI is InChI=1S/C6H15N.C3H6/c1-5(2)6(3)7-4;1-3-2/h5-7H,1-4H3;3H,1H2,2H3. The van der Waals surface area contributed by atoms with E-state index >= 15 is 0 Å². The third-order valence-corrected chi connectivity index (χ3v) is 1.46. The lowest BCUT2D eigenvalue weighted by Gasteiger charge is -2.12. The van der Waals surface area contributed by atoms with Crippen LogP contribution in [-0.4, -0.2) is 13.1 Å². The summed E-state index contributed by atoms with van der Waals surface area (Å²) in [7, 11) is 1.99. The minimum absolute atomic E-state index is 0.653. The highest BCUT2D eigenvalue weighted by Gasteiger charge is 2.00. The molecule has 62 valence electrons. The van der Waals surface area contributed by atoms with Gasteiger partial charge in [-0.2, -0.15) is 0 Å². The fraction of sp³-hybridized carbons (Fsp3) is 0.778. The molecule has 0 saturated carbocycles. The second-order valence-electron chi connectivity index (χ2n) is 2.73. The fourth-order valence-electron chi connectivity index (χ4n) is 0.333. The first-order valence-corrected chi connectivity index (χ1v) is 3.84. The first-order chi connectivity index (χ1) is 4.59. The molecule has 1 N–H and O–H groups in total. The first-order valence-electron chi connectivity index (χ1n) is 3.84. The van der Waals surface area contributed by atoms with E-state index in [0.717, 1.165) is 5.92 Å². The van der Waals surface area contributed by atoms with Crippen molar-refractivity contribution in [1.82, 2.24) is 5.32 Å². The van der Waals surface area contributed by atoms with Gasteiger partial charge in [-0.25, -0.2) is 0 Å². The minimum Gasteiger partial charge on any atom is -0.317 e. The molecule has 0 aromatic heterocycles. The molecule has 1 atom stereocenters. The maximum atomic E-state index is 3.36. The summed E-state index contributed by atoms with van der Waals surface area (Å²) in [6, 6.07) is 0.653. The number of hydrogen-bond acceptors (Lipinski definition) is 1. The summed E-state index contributed by atoms with van der Waals surface area (Å²) in [5.41, 5.74) is 0. The molecule has 0 bridgehead atoms. The molecule has 0 fully saturated rings. The summed E-state index contributed by atoms with van der Waals surface area (Å²) >= 11 is 0. The highest BCUT2D eigenvalue weighted by molar-refractivity contribution is 4.59. The van der Waals surface area contributed by atoms with E-state index in [2.05, 4.69) is 32.7 Å². The molecule has 0 saturated heterocycles. The van der Waals surface area contributed by atoms with Crippen molar-refractivity contribution in [3.05, 3.63) is 12.7 Å². The van der Waals surface area contributed by atoms with E-state index in [4.69, 9.17) is 0 Å². The van der Waals surface area contributed by atoms with Crippen molar-refractivity contribution in [1.29, 1.82) is 0 Å². The highest BCUT2D eigenvalue weighted by atomic mass is 14.9. The van der Waals surface area contributed by atoms with E-state index in [1.807, 2.05) is 14.0 Å². The maximum Gasteiger partial charge on any atom is 0.00587 e. The molecule has 0 amide bonds. The van der Waals surface area contributed by atoms with Gasteiger partial charge in [0.1, 0.15) is 0 Å². The van der Waals surface area contributed by atoms with E-state index in [1.165, 1.54) is 0 Å². The molecule has 1 unspecified atom stereocenters. The van der Waals surface area contributed by atoms with Crippen molar-refractivity contribution in [3.8, 4) is 0 Å². The Morgan fingerprint density at radius 2 is 1.60 bits per heavy atom. The Kier molecular flexibility index (Phi) is 10.8. The van der Waals surface area contributed by atoms with Crippen molar-refractivity contribution in [3.63, 3.8) is 0 Å². The zero-order chi connectivity index (χ0) is 8.57. The molecule has 10 heavy (non-hydrogen) atoms. The van der Waals surface area contributed by atoms with E-state index < -0.39 is 0 Å². The van der Waals surface area contributed by atoms with Gasteiger partial charge in [-0.15, -0.1) is 6.58 Å². The molecular formula is C9H21N. The van der Waals surface area contributed by atoms with Crippen LogP contribution in [0, 0.1) is 5.92 Å². The Morgan fingerprint density at radius 1 is 1.30 bits per heavy atom. The van der Waals surface area contributed by atoms with Crippen LogP contribution in [0.5, 0.6) is 0 Å². The second-order valence-corrected chi connectivity index (χ2v) is 2.73. The van der Waals surface area contributed by atoms with E-state index in [0.29, 0.717) is 6.04 Å². The number of rotatable bonds is 2. The van der Waals surface area contributed by atoms with Gasteiger partial charge in [0, 0.05) is 6.04 Å². The first kappa shape index (κ1) is 12.4. The van der Waals surface area contributed by atoms with Gasteiger partial charge < -0.3 is 5.32 Å². The molecular weight excluding hydrogens is 122 g/mol. The predicted octanol–water partition coefficient (Wildman–Crippen LogP) is 2.44. The van der Waals surface area contributed by atoms with Gasteiger partial charge in [-0.3, -0.25) is 0 Å². The van der Waals surface area contributed by atoms with Crippen LogP contribution in [0.4, 0.5) is 0 Å². The molecule has 0 aliphatic rings. The third-order valence-electron chi connectivity index (χ3n) is 1.46. The topological polar surface area (TPSA) is 12.0 Å². The quantitative estimate of drug-likeness (QED) is 0.585. The lowest BCUT2D eigenvalue weighted by Crippen LogP contribution is -2.26.